The minimum Gasteiger partial charge on any atom is -0.494 e. The first-order valence-corrected chi connectivity index (χ1v) is 7.03. The van der Waals surface area contributed by atoms with Crippen LogP contribution in [-0.4, -0.2) is 30.7 Å². The second-order valence-corrected chi connectivity index (χ2v) is 4.53. The molecule has 0 saturated heterocycles. The summed E-state index contributed by atoms with van der Waals surface area (Å²) in [4.78, 5) is 4.09. The van der Waals surface area contributed by atoms with Crippen molar-refractivity contribution in [2.45, 2.75) is 13.8 Å². The molecule has 0 fully saturated rings. The van der Waals surface area contributed by atoms with Gasteiger partial charge in [-0.1, -0.05) is 11.8 Å². The smallest absolute Gasteiger partial charge is 0.154 e. The standard InChI is InChI=1S/C13H20N2O2S/c1-3-15-13(14)18-10-9-17-12-7-5-11(6-8-12)16-4-2/h5-8H,3-4,9-10H2,1-2H3,(H2,14,15). The van der Waals surface area contributed by atoms with Gasteiger partial charge in [-0.2, -0.15) is 0 Å². The van der Waals surface area contributed by atoms with Crippen LogP contribution < -0.4 is 15.2 Å². The van der Waals surface area contributed by atoms with Gasteiger partial charge >= 0.3 is 0 Å². The number of nitrogens with zero attached hydrogens (tertiary/aromatic N) is 1. The van der Waals surface area contributed by atoms with E-state index in [-0.39, 0.29) is 0 Å². The fourth-order valence-electron chi connectivity index (χ4n) is 1.31. The van der Waals surface area contributed by atoms with Crippen molar-refractivity contribution in [2.75, 3.05) is 25.5 Å². The van der Waals surface area contributed by atoms with E-state index in [2.05, 4.69) is 4.99 Å². The SMILES string of the molecule is CCN=C(N)SCCOc1ccc(OCC)cc1. The Morgan fingerprint density at radius 1 is 1.17 bits per heavy atom. The van der Waals surface area contributed by atoms with Crippen LogP contribution in [0.15, 0.2) is 29.3 Å². The molecular formula is C13H20N2O2S. The summed E-state index contributed by atoms with van der Waals surface area (Å²) in [6.45, 7) is 5.93. The topological polar surface area (TPSA) is 56.8 Å². The first-order chi connectivity index (χ1) is 8.76. The molecule has 4 nitrogen and oxygen atoms in total. The highest BCUT2D eigenvalue weighted by Gasteiger charge is 1.97. The molecule has 0 bridgehead atoms. The number of nitrogens with two attached hydrogens (primary N) is 1. The van der Waals surface area contributed by atoms with Gasteiger partial charge in [0, 0.05) is 12.3 Å². The minimum atomic E-state index is 0.610. The van der Waals surface area contributed by atoms with Crippen molar-refractivity contribution < 1.29 is 9.47 Å². The number of hydrogen-bond donors (Lipinski definition) is 1. The third-order valence-electron chi connectivity index (χ3n) is 2.05. The van der Waals surface area contributed by atoms with Crippen LogP contribution in [0.5, 0.6) is 11.5 Å². The van der Waals surface area contributed by atoms with E-state index >= 15 is 0 Å². The van der Waals surface area contributed by atoms with E-state index in [0.29, 0.717) is 18.4 Å². The Kier molecular flexibility index (Phi) is 7.10. The first-order valence-electron chi connectivity index (χ1n) is 6.04. The third kappa shape index (κ3) is 5.82. The molecule has 0 saturated carbocycles. The van der Waals surface area contributed by atoms with E-state index in [9.17, 15) is 0 Å². The zero-order chi connectivity index (χ0) is 13.2. The summed E-state index contributed by atoms with van der Waals surface area (Å²) in [5.41, 5.74) is 5.66. The highest BCUT2D eigenvalue weighted by atomic mass is 32.2. The predicted molar refractivity (Wildman–Crippen MR) is 77.7 cm³/mol. The molecule has 100 valence electrons. The second-order valence-electron chi connectivity index (χ2n) is 3.41. The maximum absolute atomic E-state index is 5.66. The summed E-state index contributed by atoms with van der Waals surface area (Å²) in [6, 6.07) is 7.61. The number of thioether (sulfide) groups is 1. The average Bonchev–Trinajstić information content (AvgIpc) is 2.37. The molecule has 1 aromatic carbocycles. The summed E-state index contributed by atoms with van der Waals surface area (Å²) >= 11 is 1.51. The third-order valence-corrected chi connectivity index (χ3v) is 2.85. The molecule has 0 aliphatic carbocycles. The summed E-state index contributed by atoms with van der Waals surface area (Å²) < 4.78 is 10.9. The molecule has 0 radical (unpaired) electrons. The van der Waals surface area contributed by atoms with Crippen LogP contribution in [0.3, 0.4) is 0 Å². The lowest BCUT2D eigenvalue weighted by Crippen LogP contribution is -2.10. The molecule has 0 aliphatic heterocycles. The molecule has 1 aromatic rings. The molecule has 0 aliphatic rings. The normalized spacial score (nSPS) is 11.3. The van der Waals surface area contributed by atoms with Gasteiger partial charge in [0.25, 0.3) is 0 Å². The molecule has 0 heterocycles. The van der Waals surface area contributed by atoms with Gasteiger partial charge < -0.3 is 15.2 Å². The van der Waals surface area contributed by atoms with Crippen LogP contribution in [0.4, 0.5) is 0 Å². The molecule has 0 atom stereocenters. The monoisotopic (exact) mass is 268 g/mol. The van der Waals surface area contributed by atoms with E-state index in [0.717, 1.165) is 23.8 Å². The zero-order valence-corrected chi connectivity index (χ0v) is 11.7. The first kappa shape index (κ1) is 14.7. The van der Waals surface area contributed by atoms with Gasteiger partial charge in [0.15, 0.2) is 5.17 Å². The number of amidine groups is 1. The fraction of sp³-hybridized carbons (Fsp3) is 0.462. The Morgan fingerprint density at radius 3 is 2.33 bits per heavy atom. The van der Waals surface area contributed by atoms with Gasteiger partial charge in [0.2, 0.25) is 0 Å². The molecule has 0 amide bonds. The summed E-state index contributed by atoms with van der Waals surface area (Å²) in [5.74, 6) is 2.49. The Labute approximate surface area is 113 Å². The van der Waals surface area contributed by atoms with E-state index in [1.807, 2.05) is 38.1 Å². The van der Waals surface area contributed by atoms with Gasteiger partial charge in [-0.05, 0) is 38.1 Å². The largest absolute Gasteiger partial charge is 0.494 e. The molecule has 0 unspecified atom stereocenters. The number of benzene rings is 1. The zero-order valence-electron chi connectivity index (χ0n) is 10.9. The number of ether oxygens (including phenoxy) is 2. The Hall–Kier alpha value is -1.36. The highest BCUT2D eigenvalue weighted by molar-refractivity contribution is 8.13. The van der Waals surface area contributed by atoms with Crippen molar-refractivity contribution in [3.8, 4) is 11.5 Å². The summed E-state index contributed by atoms with van der Waals surface area (Å²) in [6.07, 6.45) is 0. The summed E-state index contributed by atoms with van der Waals surface area (Å²) in [7, 11) is 0. The van der Waals surface area contributed by atoms with Crippen LogP contribution in [-0.2, 0) is 0 Å². The quantitative estimate of drug-likeness (QED) is 0.469. The van der Waals surface area contributed by atoms with Gasteiger partial charge in [0.05, 0.1) is 13.2 Å². The average molecular weight is 268 g/mol. The molecule has 2 N–H and O–H groups in total. The van der Waals surface area contributed by atoms with Gasteiger partial charge in [-0.25, -0.2) is 0 Å². The lowest BCUT2D eigenvalue weighted by Gasteiger charge is -2.07. The minimum absolute atomic E-state index is 0.610. The lowest BCUT2D eigenvalue weighted by atomic mass is 10.3. The van der Waals surface area contributed by atoms with Crippen molar-refractivity contribution in [1.29, 1.82) is 0 Å². The molecule has 1 rings (SSSR count). The van der Waals surface area contributed by atoms with Crippen LogP contribution in [0.2, 0.25) is 0 Å². The predicted octanol–water partition coefficient (Wildman–Crippen LogP) is 2.53. The van der Waals surface area contributed by atoms with Crippen LogP contribution in [0.1, 0.15) is 13.8 Å². The Morgan fingerprint density at radius 2 is 1.78 bits per heavy atom. The molecule has 5 heteroatoms. The number of hydrogen-bond acceptors (Lipinski definition) is 4. The van der Waals surface area contributed by atoms with E-state index in [1.54, 1.807) is 0 Å². The highest BCUT2D eigenvalue weighted by Crippen LogP contribution is 2.17. The van der Waals surface area contributed by atoms with Crippen molar-refractivity contribution in [2.24, 2.45) is 10.7 Å². The molecule has 0 spiro atoms. The van der Waals surface area contributed by atoms with E-state index in [4.69, 9.17) is 15.2 Å². The number of rotatable bonds is 7. The van der Waals surface area contributed by atoms with Crippen molar-refractivity contribution >= 4 is 16.9 Å². The maximum Gasteiger partial charge on any atom is 0.154 e. The Balaban J connectivity index is 2.25. The summed E-state index contributed by atoms with van der Waals surface area (Å²) in [5, 5.41) is 0.618. The fourth-order valence-corrected chi connectivity index (χ4v) is 1.90. The lowest BCUT2D eigenvalue weighted by molar-refractivity contribution is 0.332. The van der Waals surface area contributed by atoms with Crippen LogP contribution in [0.25, 0.3) is 0 Å². The molecular weight excluding hydrogens is 248 g/mol. The van der Waals surface area contributed by atoms with Gasteiger partial charge in [0.1, 0.15) is 11.5 Å². The molecule has 18 heavy (non-hydrogen) atoms. The van der Waals surface area contributed by atoms with E-state index < -0.39 is 0 Å². The number of aliphatic imine (C=N–C) groups is 1. The van der Waals surface area contributed by atoms with Crippen molar-refractivity contribution in [3.63, 3.8) is 0 Å². The van der Waals surface area contributed by atoms with Crippen molar-refractivity contribution in [1.82, 2.24) is 0 Å². The van der Waals surface area contributed by atoms with E-state index in [1.165, 1.54) is 11.8 Å². The van der Waals surface area contributed by atoms with Crippen LogP contribution >= 0.6 is 11.8 Å². The van der Waals surface area contributed by atoms with Gasteiger partial charge in [-0.3, -0.25) is 4.99 Å². The van der Waals surface area contributed by atoms with Crippen molar-refractivity contribution in [3.05, 3.63) is 24.3 Å². The van der Waals surface area contributed by atoms with Gasteiger partial charge in [-0.15, -0.1) is 0 Å². The molecule has 0 aromatic heterocycles. The Bertz CT molecular complexity index is 366. The van der Waals surface area contributed by atoms with Crippen LogP contribution in [0, 0.1) is 0 Å². The second kappa shape index (κ2) is 8.69. The maximum atomic E-state index is 5.66.